The molecule has 4 rings (SSSR count). The first-order valence-electron chi connectivity index (χ1n) is 12.4. The lowest BCUT2D eigenvalue weighted by Gasteiger charge is -2.37. The van der Waals surface area contributed by atoms with Crippen LogP contribution in [-0.2, 0) is 11.3 Å². The highest BCUT2D eigenvalue weighted by molar-refractivity contribution is 5.89. The van der Waals surface area contributed by atoms with Crippen molar-refractivity contribution in [2.45, 2.75) is 44.8 Å². The van der Waals surface area contributed by atoms with Crippen LogP contribution in [0.4, 0.5) is 10.6 Å². The van der Waals surface area contributed by atoms with Gasteiger partial charge in [-0.3, -0.25) is 14.7 Å². The van der Waals surface area contributed by atoms with E-state index in [1.165, 1.54) is 4.57 Å². The van der Waals surface area contributed by atoms with Crippen LogP contribution < -0.4 is 27.8 Å². The Balaban J connectivity index is 0.00000380. The van der Waals surface area contributed by atoms with Gasteiger partial charge in [-0.1, -0.05) is 12.1 Å². The van der Waals surface area contributed by atoms with Crippen molar-refractivity contribution in [3.05, 3.63) is 52.6 Å². The molecule has 0 unspecified atom stereocenters. The molecule has 11 nitrogen and oxygen atoms in total. The second kappa shape index (κ2) is 12.0. The van der Waals surface area contributed by atoms with Crippen molar-refractivity contribution in [1.29, 1.82) is 0 Å². The highest BCUT2D eigenvalue weighted by Crippen LogP contribution is 2.24. The van der Waals surface area contributed by atoms with Crippen molar-refractivity contribution < 1.29 is 9.59 Å². The van der Waals surface area contributed by atoms with Crippen LogP contribution in [0.5, 0.6) is 0 Å². The Morgan fingerprint density at radius 3 is 2.24 bits per heavy atom. The zero-order valence-corrected chi connectivity index (χ0v) is 22.2. The number of rotatable bonds is 7. The summed E-state index contributed by atoms with van der Waals surface area (Å²) in [5, 5.41) is 6.13. The van der Waals surface area contributed by atoms with Crippen molar-refractivity contribution in [3.8, 4) is 5.69 Å². The zero-order valence-electron chi connectivity index (χ0n) is 21.4. The van der Waals surface area contributed by atoms with Crippen LogP contribution in [0.3, 0.4) is 0 Å². The third-order valence-corrected chi connectivity index (χ3v) is 6.69. The highest BCUT2D eigenvalue weighted by atomic mass is 35.5. The minimum absolute atomic E-state index is 0. The fourth-order valence-corrected chi connectivity index (χ4v) is 4.53. The number of urea groups is 1. The second-order valence-corrected chi connectivity index (χ2v) is 10.3. The molecule has 2 aliphatic rings. The molecule has 0 spiro atoms. The molecule has 0 radical (unpaired) electrons. The largest absolute Gasteiger partial charge is 0.354 e. The first-order chi connectivity index (χ1) is 17.1. The Kier molecular flexibility index (Phi) is 9.30. The molecule has 0 bridgehead atoms. The van der Waals surface area contributed by atoms with Gasteiger partial charge in [-0.2, -0.15) is 4.98 Å². The molecule has 2 aromatic rings. The van der Waals surface area contributed by atoms with Gasteiger partial charge in [0.05, 0.1) is 11.2 Å². The predicted octanol–water partition coefficient (Wildman–Crippen LogP) is 0.895. The molecule has 6 N–H and O–H groups in total. The van der Waals surface area contributed by atoms with Crippen LogP contribution in [0.25, 0.3) is 5.69 Å². The number of hydrogen-bond acceptors (Lipinski definition) is 7. The van der Waals surface area contributed by atoms with E-state index in [2.05, 4.69) is 15.6 Å². The smallest absolute Gasteiger partial charge is 0.338 e. The first kappa shape index (κ1) is 28.6. The molecule has 37 heavy (non-hydrogen) atoms. The standard InChI is InChI=1S/C25H36N8O3.ClH/c1-25(2,27)22(34)31-9-11-32(12-10-31)23(35)29-21-7-8-33(24(36)30-21)20-5-3-17(4-6-20)15-28-16-18-13-19(26)14-18;/h3-8,18-19,28H,9-16,26-27H2,1-2H3,(H,29,30,35,36);1H/t18-,19+;. The van der Waals surface area contributed by atoms with Crippen molar-refractivity contribution >= 4 is 30.2 Å². The Hall–Kier alpha value is -2.99. The SMILES string of the molecule is CC(C)(N)C(=O)N1CCN(C(=O)Nc2ccn(-c3ccc(CNC[C@H]4C[C@@H](N)C4)cc3)c(=O)n2)CC1.Cl. The predicted molar refractivity (Wildman–Crippen MR) is 145 cm³/mol. The summed E-state index contributed by atoms with van der Waals surface area (Å²) in [5.74, 6) is 0.704. The third-order valence-electron chi connectivity index (χ3n) is 6.69. The Labute approximate surface area is 223 Å². The molecule has 1 aromatic heterocycles. The Bertz CT molecular complexity index is 1130. The molecule has 1 aromatic carbocycles. The van der Waals surface area contributed by atoms with E-state index in [1.807, 2.05) is 24.3 Å². The van der Waals surface area contributed by atoms with E-state index in [-0.39, 0.29) is 30.2 Å². The number of benzene rings is 1. The van der Waals surface area contributed by atoms with E-state index < -0.39 is 11.2 Å². The van der Waals surface area contributed by atoms with Crippen LogP contribution in [0, 0.1) is 5.92 Å². The van der Waals surface area contributed by atoms with Crippen LogP contribution in [-0.4, -0.2) is 75.6 Å². The van der Waals surface area contributed by atoms with Crippen LogP contribution in [0.2, 0.25) is 0 Å². The van der Waals surface area contributed by atoms with Gasteiger partial charge in [0.1, 0.15) is 5.82 Å². The minimum atomic E-state index is -0.944. The fourth-order valence-electron chi connectivity index (χ4n) is 4.53. The lowest BCUT2D eigenvalue weighted by molar-refractivity contribution is -0.137. The summed E-state index contributed by atoms with van der Waals surface area (Å²) in [5.41, 5.74) is 12.1. The molecule has 1 saturated carbocycles. The Morgan fingerprint density at radius 1 is 1.05 bits per heavy atom. The normalized spacial score (nSPS) is 19.6. The summed E-state index contributed by atoms with van der Waals surface area (Å²) in [4.78, 5) is 44.8. The average Bonchev–Trinajstić information content (AvgIpc) is 2.82. The Morgan fingerprint density at radius 2 is 1.68 bits per heavy atom. The van der Waals surface area contributed by atoms with E-state index in [9.17, 15) is 14.4 Å². The number of halogens is 1. The van der Waals surface area contributed by atoms with Gasteiger partial charge in [0.15, 0.2) is 0 Å². The van der Waals surface area contributed by atoms with Crippen molar-refractivity contribution in [1.82, 2.24) is 24.7 Å². The van der Waals surface area contributed by atoms with Crippen molar-refractivity contribution in [2.75, 3.05) is 38.0 Å². The maximum Gasteiger partial charge on any atom is 0.354 e. The quantitative estimate of drug-likeness (QED) is 0.413. The number of hydrogen-bond donors (Lipinski definition) is 4. The van der Waals surface area contributed by atoms with Gasteiger partial charge < -0.3 is 26.6 Å². The molecule has 1 aliphatic heterocycles. The van der Waals surface area contributed by atoms with Crippen LogP contribution in [0.1, 0.15) is 32.3 Å². The van der Waals surface area contributed by atoms with E-state index in [4.69, 9.17) is 11.5 Å². The average molecular weight is 533 g/mol. The molecular formula is C25H37ClN8O3. The first-order valence-corrected chi connectivity index (χ1v) is 12.4. The molecule has 3 amide bonds. The monoisotopic (exact) mass is 532 g/mol. The van der Waals surface area contributed by atoms with Gasteiger partial charge in [-0.05, 0) is 62.9 Å². The highest BCUT2D eigenvalue weighted by Gasteiger charge is 2.31. The van der Waals surface area contributed by atoms with E-state index in [0.717, 1.165) is 31.5 Å². The van der Waals surface area contributed by atoms with Gasteiger partial charge in [0.2, 0.25) is 5.91 Å². The molecule has 0 atom stereocenters. The number of aromatic nitrogens is 2. The molecule has 2 heterocycles. The molecule has 202 valence electrons. The lowest BCUT2D eigenvalue weighted by Crippen LogP contribution is -2.58. The molecule has 12 heteroatoms. The number of nitrogens with one attached hydrogen (secondary N) is 2. The number of nitrogens with two attached hydrogens (primary N) is 2. The number of amides is 3. The topological polar surface area (TPSA) is 152 Å². The number of anilines is 1. The molecule has 2 fully saturated rings. The molecule has 1 aliphatic carbocycles. The second-order valence-electron chi connectivity index (χ2n) is 10.3. The summed E-state index contributed by atoms with van der Waals surface area (Å²) in [6.45, 7) is 6.62. The summed E-state index contributed by atoms with van der Waals surface area (Å²) in [7, 11) is 0. The maximum absolute atomic E-state index is 12.6. The molecule has 1 saturated heterocycles. The number of carbonyl (C=O) groups excluding carboxylic acids is 2. The van der Waals surface area contributed by atoms with Crippen LogP contribution >= 0.6 is 12.4 Å². The van der Waals surface area contributed by atoms with E-state index >= 15 is 0 Å². The summed E-state index contributed by atoms with van der Waals surface area (Å²) in [6, 6.07) is 9.30. The third kappa shape index (κ3) is 7.29. The van der Waals surface area contributed by atoms with Crippen molar-refractivity contribution in [3.63, 3.8) is 0 Å². The van der Waals surface area contributed by atoms with E-state index in [1.54, 1.807) is 35.9 Å². The number of carbonyl (C=O) groups is 2. The van der Waals surface area contributed by atoms with E-state index in [0.29, 0.717) is 43.8 Å². The lowest BCUT2D eigenvalue weighted by atomic mass is 9.81. The van der Waals surface area contributed by atoms with Gasteiger partial charge in [0, 0.05) is 45.0 Å². The minimum Gasteiger partial charge on any atom is -0.338 e. The number of nitrogens with zero attached hydrogens (tertiary/aromatic N) is 4. The van der Waals surface area contributed by atoms with Gasteiger partial charge in [0.25, 0.3) is 0 Å². The zero-order chi connectivity index (χ0) is 25.9. The van der Waals surface area contributed by atoms with Crippen molar-refractivity contribution in [2.24, 2.45) is 17.4 Å². The molecular weight excluding hydrogens is 496 g/mol. The summed E-state index contributed by atoms with van der Waals surface area (Å²) >= 11 is 0. The summed E-state index contributed by atoms with van der Waals surface area (Å²) in [6.07, 6.45) is 3.77. The van der Waals surface area contributed by atoms with Gasteiger partial charge in [-0.25, -0.2) is 9.59 Å². The van der Waals surface area contributed by atoms with Gasteiger partial charge in [-0.15, -0.1) is 12.4 Å². The maximum atomic E-state index is 12.6. The summed E-state index contributed by atoms with van der Waals surface area (Å²) < 4.78 is 1.43. The van der Waals surface area contributed by atoms with Gasteiger partial charge >= 0.3 is 11.7 Å². The number of piperazine rings is 1. The fraction of sp³-hybridized carbons (Fsp3) is 0.520. The van der Waals surface area contributed by atoms with Crippen LogP contribution in [0.15, 0.2) is 41.3 Å².